The topological polar surface area (TPSA) is 49.4 Å². The average molecular weight is 392 g/mol. The van der Waals surface area contributed by atoms with E-state index in [1.54, 1.807) is 12.1 Å². The Morgan fingerprint density at radius 1 is 1.00 bits per heavy atom. The van der Waals surface area contributed by atoms with Crippen LogP contribution in [0.1, 0.15) is 16.0 Å². The number of amides is 2. The van der Waals surface area contributed by atoms with Crippen LogP contribution in [0.2, 0.25) is 0 Å². The van der Waals surface area contributed by atoms with Gasteiger partial charge in [-0.05, 0) is 53.8 Å². The van der Waals surface area contributed by atoms with Gasteiger partial charge in [-0.3, -0.25) is 14.5 Å². The molecular weight excluding hydrogens is 375 g/mol. The zero-order chi connectivity index (χ0) is 19.7. The third-order valence-electron chi connectivity index (χ3n) is 4.48. The van der Waals surface area contributed by atoms with Gasteiger partial charge >= 0.3 is 0 Å². The van der Waals surface area contributed by atoms with Crippen molar-refractivity contribution in [2.24, 2.45) is 0 Å². The molecule has 140 valence electrons. The summed E-state index contributed by atoms with van der Waals surface area (Å²) in [5.41, 5.74) is 3.10. The van der Waals surface area contributed by atoms with Crippen molar-refractivity contribution in [3.63, 3.8) is 0 Å². The molecule has 1 N–H and O–H groups in total. The fourth-order valence-electron chi connectivity index (χ4n) is 3.12. The number of imide groups is 1. The highest BCUT2D eigenvalue weighted by Crippen LogP contribution is 2.33. The number of hydrogen-bond donors (Lipinski definition) is 1. The molecule has 4 rings (SSSR count). The number of anilines is 1. The monoisotopic (exact) mass is 392 g/mol. The van der Waals surface area contributed by atoms with E-state index < -0.39 is 0 Å². The smallest absolute Gasteiger partial charge is 0.278 e. The average Bonchev–Trinajstić information content (AvgIpc) is 3.27. The maximum absolute atomic E-state index is 13.2. The molecule has 1 aliphatic rings. The van der Waals surface area contributed by atoms with Gasteiger partial charge in [0.1, 0.15) is 11.5 Å². The molecule has 0 fully saturated rings. The first kappa shape index (κ1) is 18.1. The van der Waals surface area contributed by atoms with E-state index in [4.69, 9.17) is 0 Å². The fourth-order valence-corrected chi connectivity index (χ4v) is 3.89. The number of halogens is 1. The number of carbonyl (C=O) groups is 2. The number of thiophene rings is 1. The van der Waals surface area contributed by atoms with Crippen LogP contribution in [0.25, 0.3) is 5.57 Å². The fraction of sp³-hybridized carbons (Fsp3) is 0.0909. The Morgan fingerprint density at radius 3 is 2.46 bits per heavy atom. The van der Waals surface area contributed by atoms with Crippen molar-refractivity contribution in [3.8, 4) is 0 Å². The summed E-state index contributed by atoms with van der Waals surface area (Å²) < 4.78 is 13.2. The summed E-state index contributed by atoms with van der Waals surface area (Å²) in [4.78, 5) is 28.1. The van der Waals surface area contributed by atoms with Crippen LogP contribution in [-0.2, 0) is 16.1 Å². The number of hydrogen-bond acceptors (Lipinski definition) is 4. The zero-order valence-electron chi connectivity index (χ0n) is 15.1. The van der Waals surface area contributed by atoms with Gasteiger partial charge in [-0.15, -0.1) is 11.3 Å². The van der Waals surface area contributed by atoms with Crippen LogP contribution in [0.3, 0.4) is 0 Å². The van der Waals surface area contributed by atoms with Crippen molar-refractivity contribution in [2.45, 2.75) is 13.5 Å². The summed E-state index contributed by atoms with van der Waals surface area (Å²) in [5, 5.41) is 5.01. The summed E-state index contributed by atoms with van der Waals surface area (Å²) >= 11 is 1.41. The normalized spacial score (nSPS) is 14.1. The second-order valence-electron chi connectivity index (χ2n) is 6.54. The minimum Gasteiger partial charge on any atom is -0.350 e. The first-order valence-corrected chi connectivity index (χ1v) is 9.63. The van der Waals surface area contributed by atoms with Crippen molar-refractivity contribution < 1.29 is 14.0 Å². The largest absolute Gasteiger partial charge is 0.350 e. The molecule has 2 aromatic carbocycles. The molecule has 28 heavy (non-hydrogen) atoms. The van der Waals surface area contributed by atoms with Crippen LogP contribution in [0.4, 0.5) is 10.1 Å². The lowest BCUT2D eigenvalue weighted by Gasteiger charge is -2.15. The molecule has 0 aliphatic carbocycles. The molecule has 1 aliphatic heterocycles. The maximum atomic E-state index is 13.2. The van der Waals surface area contributed by atoms with Crippen LogP contribution in [0, 0.1) is 12.7 Å². The molecule has 4 nitrogen and oxygen atoms in total. The summed E-state index contributed by atoms with van der Waals surface area (Å²) in [6, 6.07) is 17.1. The second-order valence-corrected chi connectivity index (χ2v) is 7.49. The summed E-state index contributed by atoms with van der Waals surface area (Å²) in [6.07, 6.45) is 0. The van der Waals surface area contributed by atoms with Crippen molar-refractivity contribution in [1.29, 1.82) is 0 Å². The van der Waals surface area contributed by atoms with Crippen LogP contribution in [-0.4, -0.2) is 16.7 Å². The highest BCUT2D eigenvalue weighted by atomic mass is 32.1. The van der Waals surface area contributed by atoms with Crippen LogP contribution < -0.4 is 5.32 Å². The van der Waals surface area contributed by atoms with Gasteiger partial charge in [-0.1, -0.05) is 30.3 Å². The van der Waals surface area contributed by atoms with Gasteiger partial charge in [0.05, 0.1) is 12.1 Å². The first-order valence-electron chi connectivity index (χ1n) is 8.75. The van der Waals surface area contributed by atoms with Gasteiger partial charge in [0.15, 0.2) is 0 Å². The summed E-state index contributed by atoms with van der Waals surface area (Å²) in [6.45, 7) is 2.05. The van der Waals surface area contributed by atoms with Gasteiger partial charge in [0.25, 0.3) is 11.8 Å². The third-order valence-corrected chi connectivity index (χ3v) is 5.36. The highest BCUT2D eigenvalue weighted by Gasteiger charge is 2.39. The highest BCUT2D eigenvalue weighted by molar-refractivity contribution is 7.11. The Balaban J connectivity index is 1.70. The van der Waals surface area contributed by atoms with Crippen molar-refractivity contribution in [1.82, 2.24) is 4.90 Å². The molecule has 0 radical (unpaired) electrons. The molecule has 0 atom stereocenters. The Morgan fingerprint density at radius 2 is 1.79 bits per heavy atom. The van der Waals surface area contributed by atoms with E-state index in [0.29, 0.717) is 11.1 Å². The Hall–Kier alpha value is -3.25. The quantitative estimate of drug-likeness (QED) is 0.646. The number of aryl methyl sites for hydroxylation is 1. The van der Waals surface area contributed by atoms with E-state index in [1.165, 1.54) is 28.4 Å². The van der Waals surface area contributed by atoms with Crippen molar-refractivity contribution >= 4 is 34.4 Å². The molecular formula is C22H17FN2O2S. The molecule has 0 saturated carbocycles. The van der Waals surface area contributed by atoms with Crippen LogP contribution in [0.5, 0.6) is 0 Å². The SMILES string of the molecule is Cc1cccc(NC2=C(c3cccs3)C(=O)N(Cc3ccc(F)cc3)C2=O)c1. The lowest BCUT2D eigenvalue weighted by Crippen LogP contribution is -2.31. The van der Waals surface area contributed by atoms with Crippen molar-refractivity contribution in [2.75, 3.05) is 5.32 Å². The van der Waals surface area contributed by atoms with E-state index in [0.717, 1.165) is 16.1 Å². The van der Waals surface area contributed by atoms with Gasteiger partial charge in [-0.25, -0.2) is 4.39 Å². The molecule has 0 unspecified atom stereocenters. The zero-order valence-corrected chi connectivity index (χ0v) is 15.9. The van der Waals surface area contributed by atoms with Crippen molar-refractivity contribution in [3.05, 3.63) is 93.6 Å². The second kappa shape index (κ2) is 7.40. The number of nitrogens with one attached hydrogen (secondary N) is 1. The molecule has 3 aromatic rings. The predicted molar refractivity (Wildman–Crippen MR) is 108 cm³/mol. The summed E-state index contributed by atoms with van der Waals surface area (Å²) in [7, 11) is 0. The van der Waals surface area contributed by atoms with E-state index >= 15 is 0 Å². The molecule has 1 aromatic heterocycles. The Bertz CT molecular complexity index is 1070. The van der Waals surface area contributed by atoms with Gasteiger partial charge in [0, 0.05) is 10.6 Å². The lowest BCUT2D eigenvalue weighted by molar-refractivity contribution is -0.137. The van der Waals surface area contributed by atoms with Gasteiger partial charge in [-0.2, -0.15) is 0 Å². The Labute approximate surface area is 165 Å². The van der Waals surface area contributed by atoms with E-state index in [1.807, 2.05) is 48.7 Å². The van der Waals surface area contributed by atoms with E-state index in [9.17, 15) is 14.0 Å². The lowest BCUT2D eigenvalue weighted by atomic mass is 10.1. The van der Waals surface area contributed by atoms with E-state index in [-0.39, 0.29) is 29.9 Å². The number of benzene rings is 2. The molecule has 2 amide bonds. The number of carbonyl (C=O) groups excluding carboxylic acids is 2. The first-order chi connectivity index (χ1) is 13.5. The van der Waals surface area contributed by atoms with Crippen LogP contribution in [0.15, 0.2) is 71.7 Å². The molecule has 6 heteroatoms. The predicted octanol–water partition coefficient (Wildman–Crippen LogP) is 4.59. The third kappa shape index (κ3) is 3.46. The molecule has 0 bridgehead atoms. The minimum atomic E-state index is -0.390. The molecule has 0 saturated heterocycles. The number of nitrogens with zero attached hydrogens (tertiary/aromatic N) is 1. The minimum absolute atomic E-state index is 0.0891. The summed E-state index contributed by atoms with van der Waals surface area (Å²) in [5.74, 6) is -1.10. The van der Waals surface area contributed by atoms with E-state index in [2.05, 4.69) is 5.32 Å². The number of rotatable bonds is 5. The Kier molecular flexibility index (Phi) is 4.79. The standard InChI is InChI=1S/C22H17FN2O2S/c1-14-4-2-5-17(12-14)24-20-19(18-6-3-11-28-18)21(26)25(22(20)27)13-15-7-9-16(23)10-8-15/h2-12,24H,13H2,1H3. The molecule has 2 heterocycles. The van der Waals surface area contributed by atoms with Gasteiger partial charge in [0.2, 0.25) is 0 Å². The maximum Gasteiger partial charge on any atom is 0.278 e. The van der Waals surface area contributed by atoms with Gasteiger partial charge < -0.3 is 5.32 Å². The molecule has 0 spiro atoms. The van der Waals surface area contributed by atoms with Crippen LogP contribution >= 0.6 is 11.3 Å².